The molecule has 0 saturated carbocycles. The van der Waals surface area contributed by atoms with Crippen LogP contribution in [0.15, 0.2) is 30.5 Å². The van der Waals surface area contributed by atoms with E-state index < -0.39 is 10.7 Å². The average Bonchev–Trinajstić information content (AvgIpc) is 2.85. The van der Waals surface area contributed by atoms with Gasteiger partial charge in [0.25, 0.3) is 5.69 Å². The normalized spacial score (nSPS) is 10.6. The number of hydrogen-bond acceptors (Lipinski definition) is 4. The number of aromatic nitrogens is 2. The Balaban J connectivity index is 2.32. The van der Waals surface area contributed by atoms with Gasteiger partial charge in [0.05, 0.1) is 10.6 Å². The summed E-state index contributed by atoms with van der Waals surface area (Å²) in [5, 5.41) is 18.0. The molecule has 19 heavy (non-hydrogen) atoms. The number of rotatable bonds is 5. The van der Waals surface area contributed by atoms with Crippen LogP contribution in [-0.2, 0) is 6.54 Å². The summed E-state index contributed by atoms with van der Waals surface area (Å²) in [6.07, 6.45) is 1.58. The molecular weight excluding hydrogens is 251 g/mol. The van der Waals surface area contributed by atoms with E-state index in [1.807, 2.05) is 6.92 Å². The lowest BCUT2D eigenvalue weighted by Crippen LogP contribution is -2.12. The number of nitrogens with one attached hydrogen (secondary N) is 1. The molecule has 1 aromatic carbocycles. The maximum Gasteiger partial charge on any atom is 0.271 e. The summed E-state index contributed by atoms with van der Waals surface area (Å²) in [7, 11) is 0. The van der Waals surface area contributed by atoms with Crippen molar-refractivity contribution in [1.82, 2.24) is 15.1 Å². The van der Waals surface area contributed by atoms with Gasteiger partial charge < -0.3 is 5.32 Å². The zero-order chi connectivity index (χ0) is 13.8. The van der Waals surface area contributed by atoms with E-state index in [4.69, 9.17) is 0 Å². The van der Waals surface area contributed by atoms with Crippen molar-refractivity contribution in [3.8, 4) is 5.69 Å². The molecule has 0 amide bonds. The summed E-state index contributed by atoms with van der Waals surface area (Å²) in [4.78, 5) is 10.1. The van der Waals surface area contributed by atoms with E-state index in [1.165, 1.54) is 10.7 Å². The maximum atomic E-state index is 13.7. The molecule has 0 atom stereocenters. The Morgan fingerprint density at radius 2 is 2.26 bits per heavy atom. The fraction of sp³-hybridized carbons (Fsp3) is 0.250. The van der Waals surface area contributed by atoms with Gasteiger partial charge in [-0.1, -0.05) is 6.92 Å². The van der Waals surface area contributed by atoms with E-state index in [-0.39, 0.29) is 11.4 Å². The summed E-state index contributed by atoms with van der Waals surface area (Å²) in [6, 6.07) is 5.10. The lowest BCUT2D eigenvalue weighted by atomic mass is 10.2. The highest BCUT2D eigenvalue weighted by molar-refractivity contribution is 5.43. The molecule has 0 radical (unpaired) electrons. The number of hydrogen-bond donors (Lipinski definition) is 1. The number of nitrogens with zero attached hydrogens (tertiary/aromatic N) is 3. The fourth-order valence-electron chi connectivity index (χ4n) is 1.63. The summed E-state index contributed by atoms with van der Waals surface area (Å²) in [5.74, 6) is -0.552. The molecule has 2 aromatic rings. The third-order valence-electron chi connectivity index (χ3n) is 2.59. The molecule has 2 rings (SSSR count). The van der Waals surface area contributed by atoms with Gasteiger partial charge in [-0.15, -0.1) is 0 Å². The molecule has 0 saturated heterocycles. The van der Waals surface area contributed by atoms with Crippen molar-refractivity contribution in [2.75, 3.05) is 6.54 Å². The van der Waals surface area contributed by atoms with Gasteiger partial charge in [-0.25, -0.2) is 9.07 Å². The van der Waals surface area contributed by atoms with Crippen LogP contribution in [0.25, 0.3) is 5.69 Å². The number of non-ortho nitro benzene ring substituents is 1. The van der Waals surface area contributed by atoms with Gasteiger partial charge in [-0.2, -0.15) is 5.10 Å². The second-order valence-electron chi connectivity index (χ2n) is 3.92. The third kappa shape index (κ3) is 2.94. The molecule has 0 bridgehead atoms. The average molecular weight is 264 g/mol. The first-order valence-electron chi connectivity index (χ1n) is 5.81. The van der Waals surface area contributed by atoms with Gasteiger partial charge in [0.1, 0.15) is 11.5 Å². The molecule has 1 aromatic heterocycles. The van der Waals surface area contributed by atoms with E-state index in [9.17, 15) is 14.5 Å². The van der Waals surface area contributed by atoms with Crippen LogP contribution in [0.4, 0.5) is 10.1 Å². The molecule has 0 aliphatic carbocycles. The van der Waals surface area contributed by atoms with Crippen molar-refractivity contribution >= 4 is 5.69 Å². The first-order chi connectivity index (χ1) is 9.11. The molecule has 1 N–H and O–H groups in total. The Bertz CT molecular complexity index is 597. The molecule has 100 valence electrons. The lowest BCUT2D eigenvalue weighted by Gasteiger charge is -2.03. The second kappa shape index (κ2) is 5.57. The van der Waals surface area contributed by atoms with Crippen molar-refractivity contribution in [2.24, 2.45) is 0 Å². The summed E-state index contributed by atoms with van der Waals surface area (Å²) >= 11 is 0. The summed E-state index contributed by atoms with van der Waals surface area (Å²) in [6.45, 7) is 3.34. The smallest absolute Gasteiger partial charge is 0.271 e. The van der Waals surface area contributed by atoms with Gasteiger partial charge in [0.15, 0.2) is 0 Å². The standard InChI is InChI=1S/C12H13FN4O2/c1-2-14-8-9-5-6-16(15-9)12-7-10(17(18)19)3-4-11(12)13/h3-7,14H,2,8H2,1H3. The highest BCUT2D eigenvalue weighted by Crippen LogP contribution is 2.20. The molecule has 7 heteroatoms. The quantitative estimate of drug-likeness (QED) is 0.662. The summed E-state index contributed by atoms with van der Waals surface area (Å²) < 4.78 is 15.0. The van der Waals surface area contributed by atoms with Crippen LogP contribution >= 0.6 is 0 Å². The van der Waals surface area contributed by atoms with Crippen LogP contribution < -0.4 is 5.32 Å². The number of nitro groups is 1. The molecule has 0 fully saturated rings. The van der Waals surface area contributed by atoms with Crippen LogP contribution in [0, 0.1) is 15.9 Å². The first-order valence-corrected chi connectivity index (χ1v) is 5.81. The van der Waals surface area contributed by atoms with Crippen molar-refractivity contribution in [3.63, 3.8) is 0 Å². The first kappa shape index (κ1) is 13.2. The number of halogens is 1. The largest absolute Gasteiger partial charge is 0.311 e. The van der Waals surface area contributed by atoms with Gasteiger partial charge >= 0.3 is 0 Å². The van der Waals surface area contributed by atoms with E-state index >= 15 is 0 Å². The minimum Gasteiger partial charge on any atom is -0.311 e. The van der Waals surface area contributed by atoms with E-state index in [2.05, 4.69) is 10.4 Å². The Labute approximate surface area is 109 Å². The predicted octanol–water partition coefficient (Wildman–Crippen LogP) is 2.03. The molecule has 0 unspecified atom stereocenters. The van der Waals surface area contributed by atoms with Crippen LogP contribution in [0.3, 0.4) is 0 Å². The molecule has 1 heterocycles. The van der Waals surface area contributed by atoms with Gasteiger partial charge in [-0.05, 0) is 18.7 Å². The van der Waals surface area contributed by atoms with E-state index in [0.29, 0.717) is 6.54 Å². The Hall–Kier alpha value is -2.28. The molecule has 0 aliphatic rings. The van der Waals surface area contributed by atoms with E-state index in [1.54, 1.807) is 12.3 Å². The zero-order valence-corrected chi connectivity index (χ0v) is 10.3. The van der Waals surface area contributed by atoms with Gasteiger partial charge in [0.2, 0.25) is 0 Å². The highest BCUT2D eigenvalue weighted by atomic mass is 19.1. The van der Waals surface area contributed by atoms with Crippen LogP contribution in [0.1, 0.15) is 12.6 Å². The molecule has 0 aliphatic heterocycles. The van der Waals surface area contributed by atoms with Gasteiger partial charge in [-0.3, -0.25) is 10.1 Å². The predicted molar refractivity (Wildman–Crippen MR) is 67.6 cm³/mol. The fourth-order valence-corrected chi connectivity index (χ4v) is 1.63. The maximum absolute atomic E-state index is 13.7. The molecular formula is C12H13FN4O2. The topological polar surface area (TPSA) is 73.0 Å². The van der Waals surface area contributed by atoms with Gasteiger partial charge in [0, 0.05) is 24.9 Å². The van der Waals surface area contributed by atoms with Crippen molar-refractivity contribution < 1.29 is 9.31 Å². The van der Waals surface area contributed by atoms with E-state index in [0.717, 1.165) is 24.4 Å². The lowest BCUT2D eigenvalue weighted by molar-refractivity contribution is -0.384. The monoisotopic (exact) mass is 264 g/mol. The minimum absolute atomic E-state index is 0.0666. The van der Waals surface area contributed by atoms with Crippen LogP contribution in [0.2, 0.25) is 0 Å². The highest BCUT2D eigenvalue weighted by Gasteiger charge is 2.13. The minimum atomic E-state index is -0.564. The Morgan fingerprint density at radius 3 is 2.95 bits per heavy atom. The third-order valence-corrected chi connectivity index (χ3v) is 2.59. The van der Waals surface area contributed by atoms with Crippen molar-refractivity contribution in [3.05, 3.63) is 52.1 Å². The zero-order valence-electron chi connectivity index (χ0n) is 10.3. The Kier molecular flexibility index (Phi) is 3.86. The Morgan fingerprint density at radius 1 is 1.47 bits per heavy atom. The van der Waals surface area contributed by atoms with Crippen molar-refractivity contribution in [2.45, 2.75) is 13.5 Å². The molecule has 0 spiro atoms. The number of nitro benzene ring substituents is 1. The second-order valence-corrected chi connectivity index (χ2v) is 3.92. The van der Waals surface area contributed by atoms with Crippen molar-refractivity contribution in [1.29, 1.82) is 0 Å². The van der Waals surface area contributed by atoms with Crippen LogP contribution in [0.5, 0.6) is 0 Å². The summed E-state index contributed by atoms with van der Waals surface area (Å²) in [5.41, 5.74) is 0.643. The number of benzene rings is 1. The SMILES string of the molecule is CCNCc1ccn(-c2cc([N+](=O)[O-])ccc2F)n1. The van der Waals surface area contributed by atoms with Crippen LogP contribution in [-0.4, -0.2) is 21.2 Å². The molecule has 6 nitrogen and oxygen atoms in total.